The van der Waals surface area contributed by atoms with E-state index < -0.39 is 12.0 Å². The standard InChI is InChI=1S/C29H30N4O4/c1-36-23-17-19-10-12-33-27(22(19)18-24(23)37-2)26(20-7-3-4-8-21(20)28(33)34)29(35)32-15-13-31(14-16-32)25-9-5-6-11-30-25/h3-9,11,17-18,26-27H,10,12-16H2,1-2H3/t26-,27+/m1/s1. The molecule has 1 saturated heterocycles. The third-order valence-corrected chi connectivity index (χ3v) is 7.86. The molecule has 190 valence electrons. The number of rotatable bonds is 4. The number of carbonyl (C=O) groups excluding carboxylic acids is 2. The van der Waals surface area contributed by atoms with Gasteiger partial charge in [-0.2, -0.15) is 0 Å². The number of fused-ring (bicyclic) bond motifs is 4. The van der Waals surface area contributed by atoms with Crippen LogP contribution >= 0.6 is 0 Å². The lowest BCUT2D eigenvalue weighted by Crippen LogP contribution is -2.54. The highest BCUT2D eigenvalue weighted by molar-refractivity contribution is 6.01. The lowest BCUT2D eigenvalue weighted by Gasteiger charge is -2.47. The maximum atomic E-state index is 14.3. The highest BCUT2D eigenvalue weighted by atomic mass is 16.5. The lowest BCUT2D eigenvalue weighted by molar-refractivity contribution is -0.135. The van der Waals surface area contributed by atoms with Gasteiger partial charge in [0.2, 0.25) is 5.91 Å². The SMILES string of the molecule is COc1cc2c(cc1OC)[C@H]1[C@H](C(=O)N3CCN(c4ccccn4)CC3)c3ccccc3C(=O)N1CC2. The summed E-state index contributed by atoms with van der Waals surface area (Å²) in [6.07, 6.45) is 2.49. The number of benzene rings is 2. The molecule has 0 radical (unpaired) electrons. The maximum absolute atomic E-state index is 14.3. The highest BCUT2D eigenvalue weighted by Crippen LogP contribution is 2.48. The van der Waals surface area contributed by atoms with Gasteiger partial charge in [-0.1, -0.05) is 24.3 Å². The van der Waals surface area contributed by atoms with Crippen molar-refractivity contribution >= 4 is 17.6 Å². The number of aromatic nitrogens is 1. The van der Waals surface area contributed by atoms with Crippen LogP contribution in [0.15, 0.2) is 60.8 Å². The van der Waals surface area contributed by atoms with Crippen LogP contribution in [-0.4, -0.2) is 73.5 Å². The Balaban J connectivity index is 1.38. The molecule has 0 bridgehead atoms. The van der Waals surface area contributed by atoms with E-state index in [1.807, 2.05) is 64.4 Å². The summed E-state index contributed by atoms with van der Waals surface area (Å²) in [5.74, 6) is 1.72. The fourth-order valence-corrected chi connectivity index (χ4v) is 6.01. The second kappa shape index (κ2) is 9.42. The van der Waals surface area contributed by atoms with Crippen molar-refractivity contribution in [2.45, 2.75) is 18.4 Å². The van der Waals surface area contributed by atoms with Crippen molar-refractivity contribution in [2.24, 2.45) is 0 Å². The van der Waals surface area contributed by atoms with Crippen LogP contribution in [0.4, 0.5) is 5.82 Å². The Morgan fingerprint density at radius 3 is 2.35 bits per heavy atom. The van der Waals surface area contributed by atoms with Crippen LogP contribution in [-0.2, 0) is 11.2 Å². The average Bonchev–Trinajstić information content (AvgIpc) is 2.96. The van der Waals surface area contributed by atoms with Crippen molar-refractivity contribution in [1.82, 2.24) is 14.8 Å². The van der Waals surface area contributed by atoms with Gasteiger partial charge in [-0.05, 0) is 53.4 Å². The first-order chi connectivity index (χ1) is 18.1. The minimum atomic E-state index is -0.493. The van der Waals surface area contributed by atoms with E-state index in [2.05, 4.69) is 9.88 Å². The van der Waals surface area contributed by atoms with Gasteiger partial charge in [0.05, 0.1) is 26.2 Å². The Kier molecular flexibility index (Phi) is 5.94. The van der Waals surface area contributed by atoms with Gasteiger partial charge in [-0.15, -0.1) is 0 Å². The number of carbonyl (C=O) groups is 2. The van der Waals surface area contributed by atoms with E-state index in [-0.39, 0.29) is 11.8 Å². The van der Waals surface area contributed by atoms with Crippen LogP contribution in [0, 0.1) is 0 Å². The third-order valence-electron chi connectivity index (χ3n) is 7.86. The molecule has 1 aromatic heterocycles. The molecule has 0 unspecified atom stereocenters. The molecule has 8 heteroatoms. The van der Waals surface area contributed by atoms with Crippen molar-refractivity contribution in [3.05, 3.63) is 83.0 Å². The zero-order valence-electron chi connectivity index (χ0n) is 21.1. The minimum Gasteiger partial charge on any atom is -0.493 e. The number of methoxy groups -OCH3 is 2. The predicted molar refractivity (Wildman–Crippen MR) is 139 cm³/mol. The second-order valence-corrected chi connectivity index (χ2v) is 9.66. The topological polar surface area (TPSA) is 75.2 Å². The first-order valence-electron chi connectivity index (χ1n) is 12.7. The molecule has 8 nitrogen and oxygen atoms in total. The van der Waals surface area contributed by atoms with Crippen molar-refractivity contribution in [3.63, 3.8) is 0 Å². The van der Waals surface area contributed by atoms with E-state index >= 15 is 0 Å². The maximum Gasteiger partial charge on any atom is 0.254 e. The first-order valence-corrected chi connectivity index (χ1v) is 12.7. The van der Waals surface area contributed by atoms with Gasteiger partial charge in [0.25, 0.3) is 5.91 Å². The number of ether oxygens (including phenoxy) is 2. The van der Waals surface area contributed by atoms with E-state index in [1.54, 1.807) is 20.4 Å². The Morgan fingerprint density at radius 2 is 1.62 bits per heavy atom. The fraction of sp³-hybridized carbons (Fsp3) is 0.345. The summed E-state index contributed by atoms with van der Waals surface area (Å²) in [5.41, 5.74) is 3.46. The van der Waals surface area contributed by atoms with Gasteiger partial charge >= 0.3 is 0 Å². The summed E-state index contributed by atoms with van der Waals surface area (Å²) in [5, 5.41) is 0. The molecule has 2 amide bonds. The van der Waals surface area contributed by atoms with Crippen molar-refractivity contribution in [2.75, 3.05) is 51.8 Å². The normalized spacial score (nSPS) is 20.6. The van der Waals surface area contributed by atoms with Gasteiger partial charge in [0.1, 0.15) is 5.82 Å². The molecule has 6 rings (SSSR count). The van der Waals surface area contributed by atoms with E-state index in [0.717, 1.165) is 22.5 Å². The summed E-state index contributed by atoms with van der Waals surface area (Å²) in [6, 6.07) is 17.0. The average molecular weight is 499 g/mol. The van der Waals surface area contributed by atoms with Gasteiger partial charge in [0, 0.05) is 44.5 Å². The van der Waals surface area contributed by atoms with Crippen LogP contribution in [0.1, 0.15) is 39.0 Å². The number of hydrogen-bond donors (Lipinski definition) is 0. The summed E-state index contributed by atoms with van der Waals surface area (Å²) >= 11 is 0. The molecule has 2 atom stereocenters. The molecule has 3 aliphatic rings. The fourth-order valence-electron chi connectivity index (χ4n) is 6.01. The molecule has 3 aliphatic heterocycles. The summed E-state index contributed by atoms with van der Waals surface area (Å²) in [6.45, 7) is 3.19. The number of anilines is 1. The van der Waals surface area contributed by atoms with Crippen molar-refractivity contribution < 1.29 is 19.1 Å². The molecule has 37 heavy (non-hydrogen) atoms. The molecule has 0 N–H and O–H groups in total. The number of amides is 2. The van der Waals surface area contributed by atoms with E-state index in [9.17, 15) is 9.59 Å². The van der Waals surface area contributed by atoms with Gasteiger partial charge in [-0.25, -0.2) is 4.98 Å². The number of pyridine rings is 1. The van der Waals surface area contributed by atoms with Crippen LogP contribution in [0.5, 0.6) is 11.5 Å². The zero-order chi connectivity index (χ0) is 25.5. The van der Waals surface area contributed by atoms with E-state index in [4.69, 9.17) is 9.47 Å². The van der Waals surface area contributed by atoms with Crippen LogP contribution in [0.25, 0.3) is 0 Å². The smallest absolute Gasteiger partial charge is 0.254 e. The van der Waals surface area contributed by atoms with Crippen LogP contribution in [0.3, 0.4) is 0 Å². The minimum absolute atomic E-state index is 0.0231. The molecule has 0 aliphatic carbocycles. The molecule has 2 aromatic carbocycles. The first kappa shape index (κ1) is 23.3. The Morgan fingerprint density at radius 1 is 0.892 bits per heavy atom. The third kappa shape index (κ3) is 3.87. The highest BCUT2D eigenvalue weighted by Gasteiger charge is 2.48. The molecule has 1 fully saturated rings. The van der Waals surface area contributed by atoms with Crippen LogP contribution < -0.4 is 14.4 Å². The Labute approximate surface area is 216 Å². The quantitative estimate of drug-likeness (QED) is 0.550. The zero-order valence-corrected chi connectivity index (χ0v) is 21.1. The van der Waals surface area contributed by atoms with E-state index in [1.165, 1.54) is 0 Å². The van der Waals surface area contributed by atoms with Crippen LogP contribution in [0.2, 0.25) is 0 Å². The van der Waals surface area contributed by atoms with Gasteiger partial charge in [-0.3, -0.25) is 9.59 Å². The summed E-state index contributed by atoms with van der Waals surface area (Å²) < 4.78 is 11.2. The monoisotopic (exact) mass is 498 g/mol. The predicted octanol–water partition coefficient (Wildman–Crippen LogP) is 3.28. The van der Waals surface area contributed by atoms with Crippen molar-refractivity contribution in [3.8, 4) is 11.5 Å². The number of hydrogen-bond acceptors (Lipinski definition) is 6. The number of nitrogens with zero attached hydrogens (tertiary/aromatic N) is 4. The molecule has 0 saturated carbocycles. The second-order valence-electron chi connectivity index (χ2n) is 9.66. The van der Waals surface area contributed by atoms with Gasteiger partial charge in [0.15, 0.2) is 11.5 Å². The Bertz CT molecular complexity index is 1340. The van der Waals surface area contributed by atoms with Crippen molar-refractivity contribution in [1.29, 1.82) is 0 Å². The van der Waals surface area contributed by atoms with Gasteiger partial charge < -0.3 is 24.2 Å². The molecular formula is C29H30N4O4. The number of piperazine rings is 1. The molecule has 4 heterocycles. The molecular weight excluding hydrogens is 468 g/mol. The molecule has 3 aromatic rings. The van der Waals surface area contributed by atoms with E-state index in [0.29, 0.717) is 56.2 Å². The largest absolute Gasteiger partial charge is 0.493 e. The molecule has 0 spiro atoms. The lowest BCUT2D eigenvalue weighted by atomic mass is 9.75. The summed E-state index contributed by atoms with van der Waals surface area (Å²) in [4.78, 5) is 38.4. The Hall–Kier alpha value is -4.07. The summed E-state index contributed by atoms with van der Waals surface area (Å²) in [7, 11) is 3.23.